The molecule has 1 aromatic heterocycles. The molecule has 1 heterocycles. The van der Waals surface area contributed by atoms with Crippen LogP contribution in [0.3, 0.4) is 0 Å². The van der Waals surface area contributed by atoms with Crippen molar-refractivity contribution in [3.63, 3.8) is 0 Å². The van der Waals surface area contributed by atoms with Gasteiger partial charge in [-0.05, 0) is 60.7 Å². The van der Waals surface area contributed by atoms with Gasteiger partial charge in [-0.15, -0.1) is 0 Å². The summed E-state index contributed by atoms with van der Waals surface area (Å²) in [5, 5.41) is 17.9. The summed E-state index contributed by atoms with van der Waals surface area (Å²) in [5.41, 5.74) is 0.133. The van der Waals surface area contributed by atoms with E-state index in [-0.39, 0.29) is 45.4 Å². The predicted octanol–water partition coefficient (Wildman–Crippen LogP) is 7.16. The minimum absolute atomic E-state index is 0.0159. The van der Waals surface area contributed by atoms with Gasteiger partial charge in [0.1, 0.15) is 18.1 Å². The van der Waals surface area contributed by atoms with E-state index >= 15 is 0 Å². The molecule has 12 heteroatoms. The normalized spacial score (nSPS) is 11.6. The third-order valence-electron chi connectivity index (χ3n) is 7.42. The van der Waals surface area contributed by atoms with E-state index in [1.165, 1.54) is 47.3 Å². The minimum Gasteiger partial charge on any atom is -0.382 e. The quantitative estimate of drug-likeness (QED) is 0.0965. The maximum atomic E-state index is 14.8. The summed E-state index contributed by atoms with van der Waals surface area (Å²) >= 11 is 0. The number of aromatic nitrogens is 1. The van der Waals surface area contributed by atoms with E-state index < -0.39 is 31.2 Å². The Morgan fingerprint density at radius 3 is 1.93 bits per heavy atom. The first kappa shape index (κ1) is 36.5. The molecule has 3 aromatic rings. The Morgan fingerprint density at radius 2 is 1.35 bits per heavy atom. The summed E-state index contributed by atoms with van der Waals surface area (Å²) in [7, 11) is -7.59. The Kier molecular flexibility index (Phi) is 14.0. The maximum absolute atomic E-state index is 14.8. The zero-order chi connectivity index (χ0) is 33.6. The molecule has 0 radical (unpaired) electrons. The topological polar surface area (TPSA) is 147 Å². The fourth-order valence-electron chi connectivity index (χ4n) is 5.09. The molecule has 0 aliphatic carbocycles. The number of halogens is 1. The maximum Gasteiger partial charge on any atom is 0.309 e. The number of unbranched alkanes of at least 4 members (excludes halogenated alkanes) is 9. The van der Waals surface area contributed by atoms with Crippen LogP contribution in [-0.4, -0.2) is 32.9 Å². The van der Waals surface area contributed by atoms with E-state index in [0.29, 0.717) is 24.8 Å². The van der Waals surface area contributed by atoms with Crippen LogP contribution in [0, 0.1) is 28.5 Å². The fourth-order valence-corrected chi connectivity index (χ4v) is 7.50. The molecule has 0 unspecified atom stereocenters. The molecule has 0 spiro atoms. The molecule has 0 atom stereocenters. The van der Waals surface area contributed by atoms with E-state index in [9.17, 15) is 31.3 Å². The van der Waals surface area contributed by atoms with Crippen molar-refractivity contribution in [2.45, 2.75) is 89.0 Å². The number of rotatable bonds is 19. The number of hydrogen-bond donors (Lipinski definition) is 0. The highest BCUT2D eigenvalue weighted by atomic mass is 32.2. The van der Waals surface area contributed by atoms with Gasteiger partial charge in [-0.3, -0.25) is 4.79 Å². The van der Waals surface area contributed by atoms with Gasteiger partial charge in [0.15, 0.2) is 15.3 Å². The molecular formula is C34H40FN3O6S2. The first-order chi connectivity index (χ1) is 22.0. The average Bonchev–Trinajstić information content (AvgIpc) is 3.00. The smallest absolute Gasteiger partial charge is 0.309 e. The Morgan fingerprint density at radius 1 is 0.761 bits per heavy atom. The highest BCUT2D eigenvalue weighted by molar-refractivity contribution is 7.91. The largest absolute Gasteiger partial charge is 0.382 e. The average molecular weight is 670 g/mol. The Bertz CT molecular complexity index is 1820. The molecule has 2 aromatic carbocycles. The highest BCUT2D eigenvalue weighted by Gasteiger charge is 2.20. The fraction of sp³-hybridized carbons (Fsp3) is 0.441. The van der Waals surface area contributed by atoms with E-state index in [0.717, 1.165) is 63.5 Å². The number of hydrogen-bond acceptors (Lipinski definition) is 8. The van der Waals surface area contributed by atoms with Gasteiger partial charge in [-0.1, -0.05) is 64.0 Å². The second-order valence-corrected chi connectivity index (χ2v) is 15.0. The van der Waals surface area contributed by atoms with Crippen molar-refractivity contribution >= 4 is 20.0 Å². The lowest BCUT2D eigenvalue weighted by Gasteiger charge is -2.13. The third-order valence-corrected chi connectivity index (χ3v) is 10.6. The summed E-state index contributed by atoms with van der Waals surface area (Å²) < 4.78 is 71.8. The zero-order valence-corrected chi connectivity index (χ0v) is 27.7. The summed E-state index contributed by atoms with van der Waals surface area (Å²) in [5.74, 6) is -1.02. The Balaban J connectivity index is 1.78. The van der Waals surface area contributed by atoms with Crippen LogP contribution in [0.1, 0.15) is 77.6 Å². The second-order valence-electron chi connectivity index (χ2n) is 11.2. The molecule has 0 bridgehead atoms. The van der Waals surface area contributed by atoms with Gasteiger partial charge < -0.3 is 8.75 Å². The van der Waals surface area contributed by atoms with Crippen LogP contribution < -0.4 is 9.61 Å². The molecule has 0 saturated carbocycles. The number of nitriles is 2. The van der Waals surface area contributed by atoms with Gasteiger partial charge >= 0.3 is 10.1 Å². The van der Waals surface area contributed by atoms with Crippen molar-refractivity contribution < 1.29 is 25.4 Å². The monoisotopic (exact) mass is 669 g/mol. The SMILES string of the molecule is CCCS(=O)(=O)Oc1ccc(-c2cn(CC#N)cc(-c3cc(F)cc(S(=O)(=O)CCCCCCCCCCCC#N)c3)c2=O)cc1. The van der Waals surface area contributed by atoms with E-state index in [4.69, 9.17) is 9.44 Å². The molecule has 0 fully saturated rings. The lowest BCUT2D eigenvalue weighted by Crippen LogP contribution is -2.14. The number of pyridine rings is 1. The van der Waals surface area contributed by atoms with Crippen molar-refractivity contribution in [3.8, 4) is 40.1 Å². The Hall–Kier alpha value is -4.00. The lowest BCUT2D eigenvalue weighted by molar-refractivity contribution is 0.485. The Labute approximate surface area is 271 Å². The van der Waals surface area contributed by atoms with Crippen LogP contribution in [-0.2, 0) is 26.5 Å². The van der Waals surface area contributed by atoms with Crippen molar-refractivity contribution in [2.24, 2.45) is 0 Å². The molecule has 0 amide bonds. The van der Waals surface area contributed by atoms with Gasteiger partial charge in [0, 0.05) is 29.9 Å². The second kappa shape index (κ2) is 17.6. The van der Waals surface area contributed by atoms with Crippen LogP contribution in [0.5, 0.6) is 5.75 Å². The predicted molar refractivity (Wildman–Crippen MR) is 176 cm³/mol. The summed E-state index contributed by atoms with van der Waals surface area (Å²) in [6.07, 6.45) is 12.1. The van der Waals surface area contributed by atoms with Gasteiger partial charge in [0.05, 0.1) is 28.5 Å². The van der Waals surface area contributed by atoms with Crippen LogP contribution >= 0.6 is 0 Å². The number of benzene rings is 2. The van der Waals surface area contributed by atoms with Crippen LogP contribution in [0.25, 0.3) is 22.3 Å². The van der Waals surface area contributed by atoms with E-state index in [1.54, 1.807) is 6.92 Å². The first-order valence-corrected chi connectivity index (χ1v) is 18.8. The van der Waals surface area contributed by atoms with Crippen molar-refractivity contribution in [1.29, 1.82) is 10.5 Å². The summed E-state index contributed by atoms with van der Waals surface area (Å²) in [6.45, 7) is 1.59. The first-order valence-electron chi connectivity index (χ1n) is 15.5. The third kappa shape index (κ3) is 11.1. The highest BCUT2D eigenvalue weighted by Crippen LogP contribution is 2.27. The summed E-state index contributed by atoms with van der Waals surface area (Å²) in [4.78, 5) is 13.5. The van der Waals surface area contributed by atoms with Crippen LogP contribution in [0.2, 0.25) is 0 Å². The standard InChI is InChI=1S/C34H40FN3O6S2/c1-2-20-46(42,43)44-30-15-13-27(14-16-30)32-25-38(19-18-37)26-33(34(32)39)28-22-29(35)24-31(23-28)45(40,41)21-12-10-8-6-4-3-5-7-9-11-17-36/h13-16,22-26H,2-12,19-21H2,1H3. The van der Waals surface area contributed by atoms with Crippen molar-refractivity contribution in [1.82, 2.24) is 4.57 Å². The zero-order valence-electron chi connectivity index (χ0n) is 26.1. The minimum atomic E-state index is -3.83. The number of nitrogens with zero attached hydrogens (tertiary/aromatic N) is 3. The van der Waals surface area contributed by atoms with E-state index in [2.05, 4.69) is 6.07 Å². The molecule has 0 N–H and O–H groups in total. The van der Waals surface area contributed by atoms with E-state index in [1.807, 2.05) is 6.07 Å². The molecule has 0 saturated heterocycles. The lowest BCUT2D eigenvalue weighted by atomic mass is 10.0. The van der Waals surface area contributed by atoms with Gasteiger partial charge in [-0.25, -0.2) is 12.8 Å². The molecule has 3 rings (SSSR count). The van der Waals surface area contributed by atoms with Gasteiger partial charge in [0.2, 0.25) is 0 Å². The molecule has 9 nitrogen and oxygen atoms in total. The van der Waals surface area contributed by atoms with Crippen molar-refractivity contribution in [2.75, 3.05) is 11.5 Å². The molecule has 246 valence electrons. The molecule has 46 heavy (non-hydrogen) atoms. The van der Waals surface area contributed by atoms with Crippen LogP contribution in [0.4, 0.5) is 4.39 Å². The van der Waals surface area contributed by atoms with Crippen LogP contribution in [0.15, 0.2) is 64.5 Å². The summed E-state index contributed by atoms with van der Waals surface area (Å²) in [6, 6.07) is 13.3. The van der Waals surface area contributed by atoms with Gasteiger partial charge in [0.25, 0.3) is 0 Å². The molecule has 0 aliphatic heterocycles. The molecular weight excluding hydrogens is 630 g/mol. The van der Waals surface area contributed by atoms with Gasteiger partial charge in [-0.2, -0.15) is 18.9 Å². The van der Waals surface area contributed by atoms with Crippen molar-refractivity contribution in [3.05, 3.63) is 70.9 Å². The number of sulfone groups is 1. The molecule has 0 aliphatic rings.